The van der Waals surface area contributed by atoms with Gasteiger partial charge >= 0.3 is 0 Å². The van der Waals surface area contributed by atoms with Crippen molar-refractivity contribution in [1.82, 2.24) is 4.57 Å². The van der Waals surface area contributed by atoms with Crippen molar-refractivity contribution in [2.24, 2.45) is 23.2 Å². The van der Waals surface area contributed by atoms with Crippen molar-refractivity contribution < 1.29 is 4.57 Å². The molecule has 3 aliphatic carbocycles. The van der Waals surface area contributed by atoms with E-state index in [1.165, 1.54) is 38.6 Å². The maximum atomic E-state index is 2.73. The lowest BCUT2D eigenvalue weighted by molar-refractivity contribution is -0.675. The lowest BCUT2D eigenvalue weighted by Gasteiger charge is -2.61. The van der Waals surface area contributed by atoms with Gasteiger partial charge in [-0.1, -0.05) is 26.0 Å². The molecule has 4 atom stereocenters. The zero-order valence-electron chi connectivity index (χ0n) is 13.7. The van der Waals surface area contributed by atoms with Crippen molar-refractivity contribution in [3.63, 3.8) is 0 Å². The van der Waals surface area contributed by atoms with E-state index in [0.29, 0.717) is 5.41 Å². The van der Waals surface area contributed by atoms with Gasteiger partial charge in [-0.3, -0.25) is 0 Å². The molecule has 0 amide bonds. The van der Waals surface area contributed by atoms with Gasteiger partial charge in [-0.25, -0.2) is 9.13 Å². The van der Waals surface area contributed by atoms with Gasteiger partial charge in [0.05, 0.1) is 6.54 Å². The number of aromatic nitrogens is 2. The minimum Gasteiger partial charge on any atom is -0.230 e. The second kappa shape index (κ2) is 3.60. The van der Waals surface area contributed by atoms with Gasteiger partial charge in [-0.2, -0.15) is 0 Å². The molecule has 2 bridgehead atoms. The molecule has 2 nitrogen and oxygen atoms in total. The Hall–Kier alpha value is -1.31. The van der Waals surface area contributed by atoms with Gasteiger partial charge in [0, 0.05) is 23.0 Å². The second-order valence-corrected chi connectivity index (χ2v) is 8.95. The first-order valence-corrected chi connectivity index (χ1v) is 9.19. The Labute approximate surface area is 132 Å². The van der Waals surface area contributed by atoms with Gasteiger partial charge in [-0.05, 0) is 43.4 Å². The smallest absolute Gasteiger partial charge is 0.230 e. The van der Waals surface area contributed by atoms with Crippen LogP contribution in [0, 0.1) is 23.2 Å². The molecule has 2 aliphatic heterocycles. The quantitative estimate of drug-likeness (QED) is 0.656. The summed E-state index contributed by atoms with van der Waals surface area (Å²) in [4.78, 5) is 0. The highest BCUT2D eigenvalue weighted by Crippen LogP contribution is 2.66. The molecule has 0 radical (unpaired) electrons. The zero-order chi connectivity index (χ0) is 14.6. The summed E-state index contributed by atoms with van der Waals surface area (Å²) in [6, 6.07) is 5.64. The fraction of sp³-hybridized carbons (Fsp3) is 0.650. The molecular formula is C20H25N2+. The number of benzene rings is 1. The first-order chi connectivity index (χ1) is 10.6. The van der Waals surface area contributed by atoms with Crippen molar-refractivity contribution in [2.75, 3.05) is 0 Å². The first-order valence-electron chi connectivity index (χ1n) is 9.19. The number of rotatable bonds is 0. The molecule has 0 spiro atoms. The normalized spacial score (nSPS) is 36.8. The fourth-order valence-corrected chi connectivity index (χ4v) is 6.52. The predicted molar refractivity (Wildman–Crippen MR) is 86.7 cm³/mol. The van der Waals surface area contributed by atoms with E-state index in [2.05, 4.69) is 41.4 Å². The first kappa shape index (κ1) is 12.2. The Balaban J connectivity index is 1.63. The van der Waals surface area contributed by atoms with Crippen LogP contribution in [0.5, 0.6) is 0 Å². The highest BCUT2D eigenvalue weighted by molar-refractivity contribution is 5.80. The Kier molecular flexibility index (Phi) is 1.99. The van der Waals surface area contributed by atoms with Crippen LogP contribution in [-0.2, 0) is 19.4 Å². The van der Waals surface area contributed by atoms with E-state index < -0.39 is 0 Å². The largest absolute Gasteiger partial charge is 0.245 e. The molecule has 3 saturated carbocycles. The van der Waals surface area contributed by atoms with Crippen molar-refractivity contribution in [3.05, 3.63) is 29.6 Å². The molecule has 22 heavy (non-hydrogen) atoms. The maximum Gasteiger partial charge on any atom is 0.245 e. The van der Waals surface area contributed by atoms with Crippen molar-refractivity contribution in [1.29, 1.82) is 0 Å². The molecule has 2 heteroatoms. The summed E-state index contributed by atoms with van der Waals surface area (Å²) in [6.07, 6.45) is 9.32. The van der Waals surface area contributed by atoms with Crippen LogP contribution >= 0.6 is 0 Å². The third kappa shape index (κ3) is 1.20. The van der Waals surface area contributed by atoms with Crippen LogP contribution in [0.2, 0.25) is 0 Å². The van der Waals surface area contributed by atoms with E-state index in [4.69, 9.17) is 0 Å². The Morgan fingerprint density at radius 1 is 1.18 bits per heavy atom. The Morgan fingerprint density at radius 3 is 2.91 bits per heavy atom. The summed E-state index contributed by atoms with van der Waals surface area (Å²) < 4.78 is 5.30. The minimum absolute atomic E-state index is 0.567. The summed E-state index contributed by atoms with van der Waals surface area (Å²) in [5.41, 5.74) is 6.95. The van der Waals surface area contributed by atoms with Crippen LogP contribution in [0.3, 0.4) is 0 Å². The van der Waals surface area contributed by atoms with Crippen molar-refractivity contribution in [2.45, 2.75) is 58.5 Å². The zero-order valence-corrected chi connectivity index (χ0v) is 13.7. The van der Waals surface area contributed by atoms with E-state index in [1.807, 2.05) is 0 Å². The van der Waals surface area contributed by atoms with Gasteiger partial charge in [-0.15, -0.1) is 0 Å². The lowest BCUT2D eigenvalue weighted by atomic mass is 9.44. The maximum absolute atomic E-state index is 2.73. The average Bonchev–Trinajstić information content (AvgIpc) is 2.92. The third-order valence-corrected chi connectivity index (χ3v) is 7.80. The Bertz CT molecular complexity index is 813. The lowest BCUT2D eigenvalue weighted by Crippen LogP contribution is -2.57. The highest BCUT2D eigenvalue weighted by Gasteiger charge is 2.61. The van der Waals surface area contributed by atoms with Crippen molar-refractivity contribution in [3.8, 4) is 0 Å². The van der Waals surface area contributed by atoms with Crippen LogP contribution in [0.4, 0.5) is 0 Å². The summed E-state index contributed by atoms with van der Waals surface area (Å²) in [7, 11) is 0. The molecular weight excluding hydrogens is 268 g/mol. The number of aryl methyl sites for hydroxylation is 2. The Morgan fingerprint density at radius 2 is 2.05 bits per heavy atom. The standard InChI is InChI=1S/C20H25N2/c1-20(2)15-9-14-8-13-6-5-12-4-3-7-21-11-22(19(13)18(12)21)17(14)16(20)10-15/h5-6,11,14-17H,3-4,7-10H2,1-2H3/q+1/t14-,15+,16+,17-/m1/s1. The fourth-order valence-electron chi connectivity index (χ4n) is 6.52. The highest BCUT2D eigenvalue weighted by atomic mass is 15.2. The summed E-state index contributed by atoms with van der Waals surface area (Å²) >= 11 is 0. The molecule has 7 rings (SSSR count). The minimum atomic E-state index is 0.567. The molecule has 1 aromatic carbocycles. The second-order valence-electron chi connectivity index (χ2n) is 8.95. The summed E-state index contributed by atoms with van der Waals surface area (Å²) in [5.74, 6) is 2.77. The number of hydrogen-bond acceptors (Lipinski definition) is 0. The van der Waals surface area contributed by atoms with Crippen LogP contribution in [0.25, 0.3) is 11.0 Å². The van der Waals surface area contributed by atoms with Crippen LogP contribution in [-0.4, -0.2) is 4.57 Å². The van der Waals surface area contributed by atoms with Gasteiger partial charge in [0.15, 0.2) is 11.0 Å². The number of hydrogen-bond donors (Lipinski definition) is 0. The predicted octanol–water partition coefficient (Wildman–Crippen LogP) is 3.65. The molecule has 2 aromatic rings. The van der Waals surface area contributed by atoms with E-state index in [0.717, 1.165) is 23.8 Å². The molecule has 5 aliphatic rings. The molecule has 0 unspecified atom stereocenters. The monoisotopic (exact) mass is 293 g/mol. The summed E-state index contributed by atoms with van der Waals surface area (Å²) in [5, 5.41) is 0. The van der Waals surface area contributed by atoms with Gasteiger partial charge in [0.25, 0.3) is 0 Å². The molecule has 3 heterocycles. The van der Waals surface area contributed by atoms with Crippen LogP contribution < -0.4 is 4.57 Å². The van der Waals surface area contributed by atoms with Crippen molar-refractivity contribution >= 4 is 11.0 Å². The molecule has 114 valence electrons. The van der Waals surface area contributed by atoms with Crippen LogP contribution in [0.15, 0.2) is 18.5 Å². The number of imidazole rings is 1. The molecule has 1 aromatic heterocycles. The summed E-state index contributed by atoms with van der Waals surface area (Å²) in [6.45, 7) is 6.27. The van der Waals surface area contributed by atoms with Crippen LogP contribution in [0.1, 0.15) is 50.3 Å². The van der Waals surface area contributed by atoms with Gasteiger partial charge in [0.1, 0.15) is 6.04 Å². The van der Waals surface area contributed by atoms with E-state index in [1.54, 1.807) is 22.2 Å². The van der Waals surface area contributed by atoms with E-state index in [9.17, 15) is 0 Å². The SMILES string of the molecule is CC1(C)[C@H]2C[C@H]3Cc4ccc5c6c4n(c[n+]6CCC5)[C@H]3[C@@H]1C2. The van der Waals surface area contributed by atoms with E-state index >= 15 is 0 Å². The average molecular weight is 293 g/mol. The molecule has 3 fully saturated rings. The third-order valence-electron chi connectivity index (χ3n) is 7.80. The number of nitrogens with zero attached hydrogens (tertiary/aromatic N) is 2. The molecule has 0 saturated heterocycles. The topological polar surface area (TPSA) is 8.81 Å². The van der Waals surface area contributed by atoms with Gasteiger partial charge in [0.2, 0.25) is 6.33 Å². The van der Waals surface area contributed by atoms with Gasteiger partial charge < -0.3 is 0 Å². The molecule has 0 N–H and O–H groups in total. The van der Waals surface area contributed by atoms with E-state index in [-0.39, 0.29) is 0 Å².